The number of nitrogens with one attached hydrogen (secondary N) is 1. The van der Waals surface area contributed by atoms with Crippen molar-refractivity contribution in [3.8, 4) is 0 Å². The number of piperidine rings is 2. The summed E-state index contributed by atoms with van der Waals surface area (Å²) in [5.74, 6) is -3.46. The molecule has 0 saturated carbocycles. The van der Waals surface area contributed by atoms with Crippen LogP contribution in [0.25, 0.3) is 10.9 Å². The number of fused-ring (bicyclic) bond motifs is 1. The molecule has 0 aliphatic carbocycles. The second-order valence-corrected chi connectivity index (χ2v) is 9.31. The van der Waals surface area contributed by atoms with Crippen LogP contribution in [0.5, 0.6) is 0 Å². The molecule has 2 aromatic rings. The number of likely N-dealkylation sites (tertiary alicyclic amines) is 2. The lowest BCUT2D eigenvalue weighted by molar-refractivity contribution is -0.145. The van der Waals surface area contributed by atoms with Gasteiger partial charge in [0.05, 0.1) is 12.1 Å². The van der Waals surface area contributed by atoms with Crippen molar-refractivity contribution in [1.29, 1.82) is 5.41 Å². The Balaban J connectivity index is 1.55. The van der Waals surface area contributed by atoms with E-state index in [1.54, 1.807) is 23.0 Å². The molecule has 0 spiro atoms. The maximum Gasteiger partial charge on any atom is 0.263 e. The molecule has 0 radical (unpaired) electrons. The maximum atomic E-state index is 14.5. The first-order chi connectivity index (χ1) is 14.8. The van der Waals surface area contributed by atoms with E-state index in [1.807, 2.05) is 24.3 Å². The second kappa shape index (κ2) is 8.61. The van der Waals surface area contributed by atoms with Gasteiger partial charge in [-0.3, -0.25) is 9.78 Å². The SMILES string of the molecule is C[C@@H]1C[C@H](c2ccc(C=N)c3ncccc23)CN(C(=O)C[C@H]2CCN(C)CC2(F)F)C1. The van der Waals surface area contributed by atoms with Crippen LogP contribution >= 0.6 is 0 Å². The van der Waals surface area contributed by atoms with E-state index >= 15 is 0 Å². The van der Waals surface area contributed by atoms with E-state index in [4.69, 9.17) is 5.41 Å². The van der Waals surface area contributed by atoms with E-state index in [1.165, 1.54) is 6.21 Å². The summed E-state index contributed by atoms with van der Waals surface area (Å²) >= 11 is 0. The van der Waals surface area contributed by atoms with E-state index in [0.29, 0.717) is 26.1 Å². The predicted octanol–water partition coefficient (Wildman–Crippen LogP) is 4.16. The Hall–Kier alpha value is -2.41. The molecule has 1 N–H and O–H groups in total. The number of hydrogen-bond acceptors (Lipinski definition) is 4. The average molecular weight is 429 g/mol. The third kappa shape index (κ3) is 4.47. The number of benzene rings is 1. The quantitative estimate of drug-likeness (QED) is 0.744. The van der Waals surface area contributed by atoms with Crippen LogP contribution in [0.4, 0.5) is 8.78 Å². The Labute approximate surface area is 181 Å². The monoisotopic (exact) mass is 428 g/mol. The van der Waals surface area contributed by atoms with Crippen LogP contribution in [-0.4, -0.2) is 66.1 Å². The molecule has 2 fully saturated rings. The zero-order chi connectivity index (χ0) is 22.2. The van der Waals surface area contributed by atoms with Crippen LogP contribution in [-0.2, 0) is 4.79 Å². The number of rotatable bonds is 4. The minimum Gasteiger partial charge on any atom is -0.342 e. The summed E-state index contributed by atoms with van der Waals surface area (Å²) in [4.78, 5) is 20.9. The van der Waals surface area contributed by atoms with Gasteiger partial charge in [0, 0.05) is 54.7 Å². The summed E-state index contributed by atoms with van der Waals surface area (Å²) in [6, 6.07) is 7.83. The van der Waals surface area contributed by atoms with Gasteiger partial charge in [-0.15, -0.1) is 0 Å². The van der Waals surface area contributed by atoms with Crippen LogP contribution < -0.4 is 0 Å². The molecule has 1 aromatic heterocycles. The number of aromatic nitrogens is 1. The van der Waals surface area contributed by atoms with Gasteiger partial charge in [0.15, 0.2) is 0 Å². The number of pyridine rings is 1. The van der Waals surface area contributed by atoms with Gasteiger partial charge in [-0.25, -0.2) is 8.78 Å². The molecule has 166 valence electrons. The lowest BCUT2D eigenvalue weighted by atomic mass is 9.82. The summed E-state index contributed by atoms with van der Waals surface area (Å²) in [6.07, 6.45) is 4.22. The molecule has 0 unspecified atom stereocenters. The highest BCUT2D eigenvalue weighted by Gasteiger charge is 2.45. The zero-order valence-corrected chi connectivity index (χ0v) is 18.2. The van der Waals surface area contributed by atoms with Crippen molar-refractivity contribution in [1.82, 2.24) is 14.8 Å². The first-order valence-corrected chi connectivity index (χ1v) is 11.0. The van der Waals surface area contributed by atoms with Gasteiger partial charge in [0.1, 0.15) is 0 Å². The van der Waals surface area contributed by atoms with Crippen LogP contribution in [0.3, 0.4) is 0 Å². The van der Waals surface area contributed by atoms with Crippen LogP contribution in [0.1, 0.15) is 43.2 Å². The fourth-order valence-electron chi connectivity index (χ4n) is 5.22. The van der Waals surface area contributed by atoms with Crippen molar-refractivity contribution >= 4 is 23.0 Å². The van der Waals surface area contributed by atoms with Gasteiger partial charge < -0.3 is 15.2 Å². The van der Waals surface area contributed by atoms with Gasteiger partial charge in [-0.1, -0.05) is 25.1 Å². The number of nitrogens with zero attached hydrogens (tertiary/aromatic N) is 3. The lowest BCUT2D eigenvalue weighted by Crippen LogP contribution is -2.49. The molecule has 3 atom stereocenters. The largest absolute Gasteiger partial charge is 0.342 e. The average Bonchev–Trinajstić information content (AvgIpc) is 2.74. The minimum absolute atomic E-state index is 0.0880. The lowest BCUT2D eigenvalue weighted by Gasteiger charge is -2.40. The standard InChI is InChI=1S/C24H30F2N4O/c1-16-10-18(20-6-5-17(12-27)23-21(20)4-3-8-28-23)14-30(13-16)22(31)11-19-7-9-29(2)15-24(19,25)26/h3-6,8,12,16,18-19,27H,7,9-11,13-15H2,1-2H3/t16-,18+,19-/m1/s1. The molecule has 2 aliphatic rings. The highest BCUT2D eigenvalue weighted by atomic mass is 19.3. The third-order valence-electron chi connectivity index (χ3n) is 6.80. The Morgan fingerprint density at radius 3 is 2.87 bits per heavy atom. The second-order valence-electron chi connectivity index (χ2n) is 9.31. The van der Waals surface area contributed by atoms with Gasteiger partial charge >= 0.3 is 0 Å². The number of alkyl halides is 2. The van der Waals surface area contributed by atoms with Crippen molar-refractivity contribution in [3.05, 3.63) is 41.6 Å². The van der Waals surface area contributed by atoms with Crippen LogP contribution in [0.2, 0.25) is 0 Å². The van der Waals surface area contributed by atoms with Gasteiger partial charge in [0.2, 0.25) is 5.91 Å². The number of hydrogen-bond donors (Lipinski definition) is 1. The van der Waals surface area contributed by atoms with Crippen molar-refractivity contribution < 1.29 is 13.6 Å². The van der Waals surface area contributed by atoms with E-state index < -0.39 is 11.8 Å². The summed E-state index contributed by atoms with van der Waals surface area (Å²) in [5.41, 5.74) is 2.67. The summed E-state index contributed by atoms with van der Waals surface area (Å²) in [6.45, 7) is 3.59. The number of amides is 1. The zero-order valence-electron chi connectivity index (χ0n) is 18.2. The van der Waals surface area contributed by atoms with Crippen LogP contribution in [0.15, 0.2) is 30.5 Å². The fraction of sp³-hybridized carbons (Fsp3) is 0.542. The molecule has 1 aromatic carbocycles. The van der Waals surface area contributed by atoms with E-state index in [2.05, 4.69) is 11.9 Å². The van der Waals surface area contributed by atoms with E-state index in [-0.39, 0.29) is 30.7 Å². The Bertz CT molecular complexity index is 979. The van der Waals surface area contributed by atoms with Gasteiger partial charge in [-0.2, -0.15) is 0 Å². The molecule has 3 heterocycles. The minimum atomic E-state index is -2.83. The van der Waals surface area contributed by atoms with Crippen molar-refractivity contribution in [2.45, 2.75) is 38.0 Å². The number of carbonyl (C=O) groups is 1. The highest BCUT2D eigenvalue weighted by molar-refractivity contribution is 5.98. The number of halogens is 2. The Morgan fingerprint density at radius 1 is 1.32 bits per heavy atom. The first-order valence-electron chi connectivity index (χ1n) is 11.0. The summed E-state index contributed by atoms with van der Waals surface area (Å²) in [5, 5.41) is 8.64. The molecule has 1 amide bonds. The smallest absolute Gasteiger partial charge is 0.263 e. The molecule has 2 saturated heterocycles. The molecular weight excluding hydrogens is 398 g/mol. The molecule has 31 heavy (non-hydrogen) atoms. The Kier molecular flexibility index (Phi) is 6.06. The molecule has 7 heteroatoms. The molecule has 4 rings (SSSR count). The topological polar surface area (TPSA) is 60.3 Å². The first kappa shape index (κ1) is 21.8. The van der Waals surface area contributed by atoms with Crippen molar-refractivity contribution in [2.75, 3.05) is 33.2 Å². The van der Waals surface area contributed by atoms with E-state index in [9.17, 15) is 13.6 Å². The predicted molar refractivity (Wildman–Crippen MR) is 118 cm³/mol. The third-order valence-corrected chi connectivity index (χ3v) is 6.80. The van der Waals surface area contributed by atoms with Crippen LogP contribution in [0, 0.1) is 17.2 Å². The molecule has 5 nitrogen and oxygen atoms in total. The molecule has 0 bridgehead atoms. The normalized spacial score (nSPS) is 26.7. The molecule has 2 aliphatic heterocycles. The summed E-state index contributed by atoms with van der Waals surface area (Å²) in [7, 11) is 1.70. The Morgan fingerprint density at radius 2 is 2.13 bits per heavy atom. The van der Waals surface area contributed by atoms with Crippen molar-refractivity contribution in [3.63, 3.8) is 0 Å². The number of carbonyl (C=O) groups excluding carboxylic acids is 1. The van der Waals surface area contributed by atoms with Gasteiger partial charge in [-0.05, 0) is 44.0 Å². The van der Waals surface area contributed by atoms with Crippen molar-refractivity contribution in [2.24, 2.45) is 11.8 Å². The molecular formula is C24H30F2N4O. The maximum absolute atomic E-state index is 14.5. The van der Waals surface area contributed by atoms with Gasteiger partial charge in [0.25, 0.3) is 5.92 Å². The fourth-order valence-corrected chi connectivity index (χ4v) is 5.22. The summed E-state index contributed by atoms with van der Waals surface area (Å²) < 4.78 is 28.9. The van der Waals surface area contributed by atoms with E-state index in [0.717, 1.165) is 28.5 Å². The highest BCUT2D eigenvalue weighted by Crippen LogP contribution is 2.38.